The summed E-state index contributed by atoms with van der Waals surface area (Å²) in [6, 6.07) is 2.39. The molecule has 0 spiro atoms. The molecular weight excluding hydrogens is 226 g/mol. The number of hydrogen-bond donors (Lipinski definition) is 3. The zero-order chi connectivity index (χ0) is 13.3. The summed E-state index contributed by atoms with van der Waals surface area (Å²) in [5.41, 5.74) is 2.52. The van der Waals surface area contributed by atoms with Crippen molar-refractivity contribution in [2.75, 3.05) is 10.7 Å². The number of nitrogen functional groups attached to an aromatic ring is 1. The summed E-state index contributed by atoms with van der Waals surface area (Å²) >= 11 is 0. The molecule has 1 aliphatic rings. The Kier molecular flexibility index (Phi) is 3.43. The van der Waals surface area contributed by atoms with Crippen LogP contribution in [0, 0.1) is 5.92 Å². The lowest BCUT2D eigenvalue weighted by Gasteiger charge is -2.34. The Morgan fingerprint density at radius 3 is 2.33 bits per heavy atom. The maximum absolute atomic E-state index is 5.46. The fraction of sp³-hybridized carbons (Fsp3) is 0.692. The molecule has 0 aliphatic heterocycles. The van der Waals surface area contributed by atoms with Crippen molar-refractivity contribution in [3.8, 4) is 0 Å². The Bertz CT molecular complexity index is 418. The molecule has 4 N–H and O–H groups in total. The predicted molar refractivity (Wildman–Crippen MR) is 74.4 cm³/mol. The van der Waals surface area contributed by atoms with Gasteiger partial charge in [-0.2, -0.15) is 0 Å². The van der Waals surface area contributed by atoms with Crippen molar-refractivity contribution in [1.82, 2.24) is 9.97 Å². The minimum Gasteiger partial charge on any atom is -0.367 e. The number of rotatable bonds is 3. The average Bonchev–Trinajstić information content (AvgIpc) is 2.25. The number of nitrogens with one attached hydrogen (secondary N) is 2. The van der Waals surface area contributed by atoms with Crippen LogP contribution in [0.2, 0.25) is 0 Å². The van der Waals surface area contributed by atoms with Crippen LogP contribution in [-0.2, 0) is 5.41 Å². The van der Waals surface area contributed by atoms with E-state index in [0.717, 1.165) is 17.6 Å². The Labute approximate surface area is 109 Å². The summed E-state index contributed by atoms with van der Waals surface area (Å²) in [5.74, 6) is 8.60. The molecule has 0 saturated heterocycles. The molecule has 1 saturated carbocycles. The SMILES string of the molecule is CC1CC(Nc2cc(NN)nc(C(C)(C)C)n2)C1. The fourth-order valence-corrected chi connectivity index (χ4v) is 2.16. The number of aromatic nitrogens is 2. The predicted octanol–water partition coefficient (Wildman–Crippen LogP) is 2.27. The van der Waals surface area contributed by atoms with Crippen molar-refractivity contribution in [2.45, 2.75) is 52.0 Å². The van der Waals surface area contributed by atoms with Crippen molar-refractivity contribution in [3.05, 3.63) is 11.9 Å². The Morgan fingerprint density at radius 2 is 1.83 bits per heavy atom. The molecule has 1 heterocycles. The van der Waals surface area contributed by atoms with E-state index >= 15 is 0 Å². The highest BCUT2D eigenvalue weighted by Crippen LogP contribution is 2.30. The number of nitrogens with two attached hydrogens (primary N) is 1. The van der Waals surface area contributed by atoms with Crippen molar-refractivity contribution in [3.63, 3.8) is 0 Å². The number of hydrazine groups is 1. The van der Waals surface area contributed by atoms with Crippen LogP contribution in [0.4, 0.5) is 11.6 Å². The first-order chi connectivity index (χ1) is 8.38. The third-order valence-corrected chi connectivity index (χ3v) is 3.27. The van der Waals surface area contributed by atoms with Crippen LogP contribution >= 0.6 is 0 Å². The van der Waals surface area contributed by atoms with Crippen molar-refractivity contribution >= 4 is 11.6 Å². The number of hydrogen-bond acceptors (Lipinski definition) is 5. The largest absolute Gasteiger partial charge is 0.367 e. The molecule has 0 radical (unpaired) electrons. The molecule has 5 heteroatoms. The second-order valence-electron chi connectivity index (χ2n) is 6.27. The summed E-state index contributed by atoms with van der Waals surface area (Å²) < 4.78 is 0. The van der Waals surface area contributed by atoms with Gasteiger partial charge in [-0.15, -0.1) is 0 Å². The highest BCUT2D eigenvalue weighted by Gasteiger charge is 2.26. The second-order valence-corrected chi connectivity index (χ2v) is 6.27. The second kappa shape index (κ2) is 4.72. The summed E-state index contributed by atoms with van der Waals surface area (Å²) in [6.45, 7) is 8.55. The van der Waals surface area contributed by atoms with Gasteiger partial charge in [0.05, 0.1) is 0 Å². The minimum atomic E-state index is -0.0871. The van der Waals surface area contributed by atoms with Gasteiger partial charge in [-0.25, -0.2) is 15.8 Å². The van der Waals surface area contributed by atoms with Gasteiger partial charge in [0, 0.05) is 17.5 Å². The zero-order valence-electron chi connectivity index (χ0n) is 11.6. The molecule has 0 atom stereocenters. The molecule has 0 amide bonds. The topological polar surface area (TPSA) is 75.9 Å². The maximum Gasteiger partial charge on any atom is 0.145 e. The minimum absolute atomic E-state index is 0.0871. The van der Waals surface area contributed by atoms with Crippen LogP contribution in [0.25, 0.3) is 0 Å². The molecule has 1 fully saturated rings. The molecular formula is C13H23N5. The van der Waals surface area contributed by atoms with Crippen LogP contribution in [0.3, 0.4) is 0 Å². The molecule has 2 rings (SSSR count). The zero-order valence-corrected chi connectivity index (χ0v) is 11.6. The molecule has 1 aromatic rings. The lowest BCUT2D eigenvalue weighted by atomic mass is 9.82. The Balaban J connectivity index is 2.18. The van der Waals surface area contributed by atoms with Gasteiger partial charge in [-0.3, -0.25) is 0 Å². The Hall–Kier alpha value is -1.36. The van der Waals surface area contributed by atoms with E-state index < -0.39 is 0 Å². The molecule has 1 aliphatic carbocycles. The first-order valence-corrected chi connectivity index (χ1v) is 6.51. The van der Waals surface area contributed by atoms with E-state index in [1.54, 1.807) is 0 Å². The molecule has 1 aromatic heterocycles. The van der Waals surface area contributed by atoms with Gasteiger partial charge in [-0.1, -0.05) is 27.7 Å². The normalized spacial score (nSPS) is 23.4. The van der Waals surface area contributed by atoms with E-state index in [4.69, 9.17) is 5.84 Å². The van der Waals surface area contributed by atoms with E-state index in [9.17, 15) is 0 Å². The standard InChI is InChI=1S/C13H23N5/c1-8-5-9(6-8)15-10-7-11(18-14)17-12(16-10)13(2,3)4/h7-9H,5-6,14H2,1-4H3,(H2,15,16,17,18). The summed E-state index contributed by atoms with van der Waals surface area (Å²) in [4.78, 5) is 8.98. The van der Waals surface area contributed by atoms with Gasteiger partial charge in [0.1, 0.15) is 17.5 Å². The molecule has 5 nitrogen and oxygen atoms in total. The van der Waals surface area contributed by atoms with Crippen LogP contribution < -0.4 is 16.6 Å². The van der Waals surface area contributed by atoms with Crippen LogP contribution in [0.5, 0.6) is 0 Å². The van der Waals surface area contributed by atoms with Gasteiger partial charge in [0.2, 0.25) is 0 Å². The number of nitrogens with zero attached hydrogens (tertiary/aromatic N) is 2. The molecule has 0 bridgehead atoms. The van der Waals surface area contributed by atoms with E-state index in [2.05, 4.69) is 48.4 Å². The van der Waals surface area contributed by atoms with Gasteiger partial charge in [0.25, 0.3) is 0 Å². The highest BCUT2D eigenvalue weighted by molar-refractivity contribution is 5.48. The van der Waals surface area contributed by atoms with E-state index in [1.165, 1.54) is 12.8 Å². The third kappa shape index (κ3) is 2.90. The summed E-state index contributed by atoms with van der Waals surface area (Å²) in [7, 11) is 0. The first-order valence-electron chi connectivity index (χ1n) is 6.51. The first kappa shape index (κ1) is 13.1. The van der Waals surface area contributed by atoms with Crippen molar-refractivity contribution in [1.29, 1.82) is 0 Å². The van der Waals surface area contributed by atoms with Crippen LogP contribution in [0.15, 0.2) is 6.07 Å². The Morgan fingerprint density at radius 1 is 1.22 bits per heavy atom. The van der Waals surface area contributed by atoms with Gasteiger partial charge in [-0.05, 0) is 18.8 Å². The third-order valence-electron chi connectivity index (χ3n) is 3.27. The van der Waals surface area contributed by atoms with Gasteiger partial charge in [0.15, 0.2) is 0 Å². The molecule has 18 heavy (non-hydrogen) atoms. The van der Waals surface area contributed by atoms with Crippen molar-refractivity contribution < 1.29 is 0 Å². The van der Waals surface area contributed by atoms with E-state index in [1.807, 2.05) is 6.07 Å². The quantitative estimate of drug-likeness (QED) is 0.566. The van der Waals surface area contributed by atoms with E-state index in [-0.39, 0.29) is 5.41 Å². The molecule has 100 valence electrons. The number of anilines is 2. The molecule has 0 aromatic carbocycles. The van der Waals surface area contributed by atoms with Crippen LogP contribution in [0.1, 0.15) is 46.4 Å². The smallest absolute Gasteiger partial charge is 0.145 e. The highest BCUT2D eigenvalue weighted by atomic mass is 15.3. The maximum atomic E-state index is 5.46. The summed E-state index contributed by atoms with van der Waals surface area (Å²) in [6.07, 6.45) is 2.42. The lowest BCUT2D eigenvalue weighted by molar-refractivity contribution is 0.308. The van der Waals surface area contributed by atoms with Crippen LogP contribution in [-0.4, -0.2) is 16.0 Å². The van der Waals surface area contributed by atoms with Gasteiger partial charge < -0.3 is 10.7 Å². The average molecular weight is 249 g/mol. The van der Waals surface area contributed by atoms with Crippen molar-refractivity contribution in [2.24, 2.45) is 11.8 Å². The lowest BCUT2D eigenvalue weighted by Crippen LogP contribution is -2.34. The monoisotopic (exact) mass is 249 g/mol. The van der Waals surface area contributed by atoms with Gasteiger partial charge >= 0.3 is 0 Å². The fourth-order valence-electron chi connectivity index (χ4n) is 2.16. The molecule has 0 unspecified atom stereocenters. The summed E-state index contributed by atoms with van der Waals surface area (Å²) in [5, 5.41) is 3.45. The van der Waals surface area contributed by atoms with E-state index in [0.29, 0.717) is 11.9 Å².